The summed E-state index contributed by atoms with van der Waals surface area (Å²) in [6.07, 6.45) is 72.9. The lowest BCUT2D eigenvalue weighted by molar-refractivity contribution is -0.163. The molecule has 5 heteroatoms. The highest BCUT2D eigenvalue weighted by molar-refractivity contribution is 5.70. The van der Waals surface area contributed by atoms with E-state index in [0.717, 1.165) is 32.1 Å². The predicted molar refractivity (Wildman–Crippen MR) is 307 cm³/mol. The number of esters is 2. The predicted octanol–water partition coefficient (Wildman–Crippen LogP) is 22.4. The van der Waals surface area contributed by atoms with Crippen molar-refractivity contribution in [2.75, 3.05) is 19.8 Å². The van der Waals surface area contributed by atoms with Crippen LogP contribution in [0.1, 0.15) is 380 Å². The van der Waals surface area contributed by atoms with Crippen LogP contribution in [0.3, 0.4) is 0 Å². The molecule has 0 bridgehead atoms. The number of rotatable bonds is 62. The van der Waals surface area contributed by atoms with Gasteiger partial charge in [0.15, 0.2) is 6.10 Å². The lowest BCUT2D eigenvalue weighted by Crippen LogP contribution is -2.30. The first-order chi connectivity index (χ1) is 34.6. The summed E-state index contributed by atoms with van der Waals surface area (Å²) in [7, 11) is 0. The van der Waals surface area contributed by atoms with Crippen LogP contribution in [0.2, 0.25) is 0 Å². The SMILES string of the molecule is CCCCCCCCCCCCCCCCCCCCCCOCC(COC(=O)CCCCCCCCCCCCCCCCCCC)OC(=O)CCCCCCCCCCCCCCCCCCC. The normalized spacial score (nSPS) is 12.0. The van der Waals surface area contributed by atoms with Crippen molar-refractivity contribution in [1.82, 2.24) is 0 Å². The Balaban J connectivity index is 4.17. The van der Waals surface area contributed by atoms with Gasteiger partial charge in [-0.1, -0.05) is 348 Å². The van der Waals surface area contributed by atoms with E-state index in [-0.39, 0.29) is 18.5 Å². The third-order valence-corrected chi connectivity index (χ3v) is 15.1. The molecular weight excluding hydrogens is 861 g/mol. The van der Waals surface area contributed by atoms with E-state index >= 15 is 0 Å². The quantitative estimate of drug-likeness (QED) is 0.0449. The first-order valence-corrected chi connectivity index (χ1v) is 32.6. The minimum Gasteiger partial charge on any atom is -0.462 e. The molecule has 1 unspecified atom stereocenters. The third-order valence-electron chi connectivity index (χ3n) is 15.1. The second kappa shape index (κ2) is 62.2. The molecule has 0 N–H and O–H groups in total. The summed E-state index contributed by atoms with van der Waals surface area (Å²) in [4.78, 5) is 25.6. The van der Waals surface area contributed by atoms with Crippen LogP contribution in [-0.2, 0) is 23.8 Å². The molecule has 5 nitrogen and oxygen atoms in total. The van der Waals surface area contributed by atoms with Gasteiger partial charge < -0.3 is 14.2 Å². The molecule has 0 spiro atoms. The molecule has 0 aromatic heterocycles. The fraction of sp³-hybridized carbons (Fsp3) is 0.969. The van der Waals surface area contributed by atoms with Gasteiger partial charge in [0.05, 0.1) is 6.61 Å². The summed E-state index contributed by atoms with van der Waals surface area (Å²) in [6.45, 7) is 7.95. The Hall–Kier alpha value is -1.10. The van der Waals surface area contributed by atoms with Gasteiger partial charge in [0, 0.05) is 19.4 Å². The molecule has 0 aromatic carbocycles. The first kappa shape index (κ1) is 68.9. The number of hydrogen-bond donors (Lipinski definition) is 0. The van der Waals surface area contributed by atoms with E-state index in [0.29, 0.717) is 26.1 Å². The number of hydrogen-bond acceptors (Lipinski definition) is 5. The van der Waals surface area contributed by atoms with Crippen molar-refractivity contribution in [3.8, 4) is 0 Å². The molecule has 70 heavy (non-hydrogen) atoms. The van der Waals surface area contributed by atoms with Crippen molar-refractivity contribution in [3.05, 3.63) is 0 Å². The third kappa shape index (κ3) is 59.5. The maximum atomic E-state index is 12.9. The Bertz CT molecular complexity index is 983. The minimum absolute atomic E-state index is 0.0990. The van der Waals surface area contributed by atoms with Crippen LogP contribution in [0.4, 0.5) is 0 Å². The fourth-order valence-corrected chi connectivity index (χ4v) is 10.3. The highest BCUT2D eigenvalue weighted by Gasteiger charge is 2.18. The zero-order valence-electron chi connectivity index (χ0n) is 48.3. The Morgan fingerprint density at radius 3 is 0.729 bits per heavy atom. The molecule has 0 radical (unpaired) electrons. The lowest BCUT2D eigenvalue weighted by atomic mass is 10.0. The van der Waals surface area contributed by atoms with Crippen molar-refractivity contribution in [2.24, 2.45) is 0 Å². The van der Waals surface area contributed by atoms with Gasteiger partial charge >= 0.3 is 11.9 Å². The molecule has 0 heterocycles. The van der Waals surface area contributed by atoms with Crippen LogP contribution < -0.4 is 0 Å². The van der Waals surface area contributed by atoms with Crippen LogP contribution in [-0.4, -0.2) is 37.9 Å². The van der Waals surface area contributed by atoms with E-state index in [1.807, 2.05) is 0 Å². The topological polar surface area (TPSA) is 61.8 Å². The monoisotopic (exact) mass is 989 g/mol. The van der Waals surface area contributed by atoms with E-state index < -0.39 is 6.10 Å². The number of unbranched alkanes of at least 4 members (excludes halogenated alkanes) is 51. The summed E-state index contributed by atoms with van der Waals surface area (Å²) in [5, 5.41) is 0. The molecule has 0 aliphatic rings. The molecule has 0 fully saturated rings. The van der Waals surface area contributed by atoms with Gasteiger partial charge in [-0.15, -0.1) is 0 Å². The molecule has 0 aliphatic heterocycles. The maximum Gasteiger partial charge on any atom is 0.306 e. The first-order valence-electron chi connectivity index (χ1n) is 32.6. The highest BCUT2D eigenvalue weighted by Crippen LogP contribution is 2.19. The van der Waals surface area contributed by atoms with E-state index in [2.05, 4.69) is 20.8 Å². The lowest BCUT2D eigenvalue weighted by Gasteiger charge is -2.18. The molecule has 0 saturated carbocycles. The second-order valence-electron chi connectivity index (χ2n) is 22.4. The summed E-state index contributed by atoms with van der Waals surface area (Å²) in [6, 6.07) is 0. The van der Waals surface area contributed by atoms with E-state index in [1.165, 1.54) is 315 Å². The molecular formula is C65H128O5. The van der Waals surface area contributed by atoms with Crippen LogP contribution in [0.25, 0.3) is 0 Å². The van der Waals surface area contributed by atoms with E-state index in [9.17, 15) is 9.59 Å². The molecule has 0 amide bonds. The van der Waals surface area contributed by atoms with E-state index in [4.69, 9.17) is 14.2 Å². The van der Waals surface area contributed by atoms with Gasteiger partial charge in [-0.25, -0.2) is 0 Å². The van der Waals surface area contributed by atoms with Crippen LogP contribution >= 0.6 is 0 Å². The summed E-state index contributed by atoms with van der Waals surface area (Å²) >= 11 is 0. The van der Waals surface area contributed by atoms with Crippen molar-refractivity contribution in [1.29, 1.82) is 0 Å². The molecule has 0 rings (SSSR count). The van der Waals surface area contributed by atoms with Gasteiger partial charge in [0.25, 0.3) is 0 Å². The van der Waals surface area contributed by atoms with Crippen LogP contribution in [0, 0.1) is 0 Å². The van der Waals surface area contributed by atoms with Gasteiger partial charge in [-0.3, -0.25) is 9.59 Å². The second-order valence-corrected chi connectivity index (χ2v) is 22.4. The molecule has 418 valence electrons. The van der Waals surface area contributed by atoms with Crippen LogP contribution in [0.5, 0.6) is 0 Å². The smallest absolute Gasteiger partial charge is 0.306 e. The van der Waals surface area contributed by atoms with E-state index in [1.54, 1.807) is 0 Å². The van der Waals surface area contributed by atoms with Gasteiger partial charge in [-0.2, -0.15) is 0 Å². The Labute approximate surface area is 440 Å². The molecule has 0 aliphatic carbocycles. The van der Waals surface area contributed by atoms with Crippen molar-refractivity contribution >= 4 is 11.9 Å². The molecule has 1 atom stereocenters. The molecule has 0 aromatic rings. The fourth-order valence-electron chi connectivity index (χ4n) is 10.3. The maximum absolute atomic E-state index is 12.9. The Morgan fingerprint density at radius 2 is 0.471 bits per heavy atom. The van der Waals surface area contributed by atoms with Crippen molar-refractivity contribution in [3.63, 3.8) is 0 Å². The van der Waals surface area contributed by atoms with Gasteiger partial charge in [-0.05, 0) is 19.3 Å². The van der Waals surface area contributed by atoms with Crippen LogP contribution in [0.15, 0.2) is 0 Å². The van der Waals surface area contributed by atoms with Gasteiger partial charge in [0.1, 0.15) is 6.61 Å². The summed E-state index contributed by atoms with van der Waals surface area (Å²) < 4.78 is 17.6. The average molecular weight is 990 g/mol. The standard InChI is InChI=1S/C65H128O5/c1-4-7-10-13-16-19-22-25-28-31-32-33-36-39-42-45-48-51-54-57-60-68-61-63(70-65(67)59-56-53-50-47-44-41-38-35-30-27-24-21-18-15-12-9-6-3)62-69-64(66)58-55-52-49-46-43-40-37-34-29-26-23-20-17-14-11-8-5-2/h63H,4-62H2,1-3H3. The zero-order chi connectivity index (χ0) is 50.6. The summed E-state index contributed by atoms with van der Waals surface area (Å²) in [5.74, 6) is -0.359. The number of carbonyl (C=O) groups excluding carboxylic acids is 2. The minimum atomic E-state index is -0.525. The Kier molecular flexibility index (Phi) is 61.2. The number of ether oxygens (including phenoxy) is 3. The zero-order valence-corrected chi connectivity index (χ0v) is 48.3. The Morgan fingerprint density at radius 1 is 0.257 bits per heavy atom. The van der Waals surface area contributed by atoms with Gasteiger partial charge in [0.2, 0.25) is 0 Å². The average Bonchev–Trinajstić information content (AvgIpc) is 3.36. The van der Waals surface area contributed by atoms with Crippen molar-refractivity contribution in [2.45, 2.75) is 386 Å². The highest BCUT2D eigenvalue weighted by atomic mass is 16.6. The number of carbonyl (C=O) groups is 2. The molecule has 0 saturated heterocycles. The summed E-state index contributed by atoms with van der Waals surface area (Å²) in [5.41, 5.74) is 0. The largest absolute Gasteiger partial charge is 0.462 e. The van der Waals surface area contributed by atoms with Crippen molar-refractivity contribution < 1.29 is 23.8 Å².